The lowest BCUT2D eigenvalue weighted by Crippen LogP contribution is -2.46. The minimum Gasteiger partial charge on any atom is -0.355 e. The van der Waals surface area contributed by atoms with Crippen LogP contribution >= 0.6 is 0 Å². The van der Waals surface area contributed by atoms with Gasteiger partial charge in [-0.05, 0) is 37.1 Å². The first kappa shape index (κ1) is 12.5. The van der Waals surface area contributed by atoms with Gasteiger partial charge in [0.2, 0.25) is 5.91 Å². The molecule has 1 rings (SSSR count). The van der Waals surface area contributed by atoms with Gasteiger partial charge in [0, 0.05) is 13.0 Å². The summed E-state index contributed by atoms with van der Waals surface area (Å²) in [7, 11) is 0. The molecule has 1 amide bonds. The fourth-order valence-corrected chi connectivity index (χ4v) is 1.92. The molecule has 0 atom stereocenters. The second kappa shape index (κ2) is 5.50. The quantitative estimate of drug-likeness (QED) is 0.703. The van der Waals surface area contributed by atoms with Crippen molar-refractivity contribution in [2.45, 2.75) is 46.0 Å². The van der Waals surface area contributed by atoms with E-state index in [9.17, 15) is 4.79 Å². The van der Waals surface area contributed by atoms with Crippen LogP contribution in [0.25, 0.3) is 0 Å². The van der Waals surface area contributed by atoms with Gasteiger partial charge in [-0.2, -0.15) is 0 Å². The SMILES string of the molecule is CC(C)CCC(=O)NCC1(CN)CCC1. The number of nitrogens with two attached hydrogens (primary N) is 1. The Morgan fingerprint density at radius 3 is 2.53 bits per heavy atom. The van der Waals surface area contributed by atoms with Gasteiger partial charge in [0.25, 0.3) is 0 Å². The number of hydrogen-bond acceptors (Lipinski definition) is 2. The van der Waals surface area contributed by atoms with E-state index in [0.717, 1.165) is 13.0 Å². The van der Waals surface area contributed by atoms with Crippen molar-refractivity contribution in [3.8, 4) is 0 Å². The number of carbonyl (C=O) groups excluding carboxylic acids is 1. The van der Waals surface area contributed by atoms with Crippen LogP contribution in [0.3, 0.4) is 0 Å². The minimum absolute atomic E-state index is 0.184. The fourth-order valence-electron chi connectivity index (χ4n) is 1.92. The highest BCUT2D eigenvalue weighted by atomic mass is 16.1. The third kappa shape index (κ3) is 3.82. The molecule has 3 heteroatoms. The van der Waals surface area contributed by atoms with Gasteiger partial charge in [-0.15, -0.1) is 0 Å². The topological polar surface area (TPSA) is 55.1 Å². The Balaban J connectivity index is 2.16. The van der Waals surface area contributed by atoms with Crippen molar-refractivity contribution in [2.24, 2.45) is 17.1 Å². The Kier molecular flexibility index (Phi) is 4.58. The minimum atomic E-state index is 0.184. The maximum Gasteiger partial charge on any atom is 0.220 e. The highest BCUT2D eigenvalue weighted by molar-refractivity contribution is 5.75. The van der Waals surface area contributed by atoms with Crippen LogP contribution in [0.4, 0.5) is 0 Å². The zero-order valence-corrected chi connectivity index (χ0v) is 10.0. The molecule has 1 aliphatic rings. The summed E-state index contributed by atoms with van der Waals surface area (Å²) < 4.78 is 0. The summed E-state index contributed by atoms with van der Waals surface area (Å²) in [5.41, 5.74) is 5.96. The van der Waals surface area contributed by atoms with Crippen molar-refractivity contribution in [3.63, 3.8) is 0 Å². The molecule has 0 aromatic heterocycles. The molecule has 1 fully saturated rings. The normalized spacial score (nSPS) is 18.7. The molecule has 0 unspecified atom stereocenters. The third-order valence-corrected chi connectivity index (χ3v) is 3.46. The van der Waals surface area contributed by atoms with Gasteiger partial charge in [0.15, 0.2) is 0 Å². The highest BCUT2D eigenvalue weighted by Crippen LogP contribution is 2.39. The molecular weight excluding hydrogens is 188 g/mol. The Morgan fingerprint density at radius 1 is 1.47 bits per heavy atom. The number of hydrogen-bond donors (Lipinski definition) is 2. The third-order valence-electron chi connectivity index (χ3n) is 3.46. The van der Waals surface area contributed by atoms with E-state index in [4.69, 9.17) is 5.73 Å². The molecule has 1 saturated carbocycles. The van der Waals surface area contributed by atoms with Crippen molar-refractivity contribution in [3.05, 3.63) is 0 Å². The Morgan fingerprint density at radius 2 is 2.13 bits per heavy atom. The molecule has 0 aromatic carbocycles. The predicted molar refractivity (Wildman–Crippen MR) is 62.4 cm³/mol. The second-order valence-corrected chi connectivity index (χ2v) is 5.27. The fraction of sp³-hybridized carbons (Fsp3) is 0.917. The van der Waals surface area contributed by atoms with Crippen LogP contribution in [-0.2, 0) is 4.79 Å². The molecule has 0 aliphatic heterocycles. The van der Waals surface area contributed by atoms with E-state index >= 15 is 0 Å². The molecule has 1 aliphatic carbocycles. The van der Waals surface area contributed by atoms with E-state index in [0.29, 0.717) is 18.9 Å². The Labute approximate surface area is 92.8 Å². The van der Waals surface area contributed by atoms with Crippen molar-refractivity contribution in [2.75, 3.05) is 13.1 Å². The standard InChI is InChI=1S/C12H24N2O/c1-10(2)4-5-11(15)14-9-12(8-13)6-3-7-12/h10H,3-9,13H2,1-2H3,(H,14,15). The van der Waals surface area contributed by atoms with E-state index in [1.165, 1.54) is 19.3 Å². The molecule has 0 saturated heterocycles. The predicted octanol–water partition coefficient (Wildman–Crippen LogP) is 1.67. The number of nitrogens with one attached hydrogen (secondary N) is 1. The molecule has 0 radical (unpaired) electrons. The van der Waals surface area contributed by atoms with Crippen LogP contribution in [0.15, 0.2) is 0 Å². The Bertz CT molecular complexity index is 204. The smallest absolute Gasteiger partial charge is 0.220 e. The summed E-state index contributed by atoms with van der Waals surface area (Å²) in [5, 5.41) is 3.01. The van der Waals surface area contributed by atoms with Crippen molar-refractivity contribution >= 4 is 5.91 Å². The van der Waals surface area contributed by atoms with Crippen LogP contribution in [0, 0.1) is 11.3 Å². The highest BCUT2D eigenvalue weighted by Gasteiger charge is 2.35. The van der Waals surface area contributed by atoms with Gasteiger partial charge in [-0.25, -0.2) is 0 Å². The van der Waals surface area contributed by atoms with Crippen LogP contribution in [0.5, 0.6) is 0 Å². The van der Waals surface area contributed by atoms with Crippen molar-refractivity contribution in [1.82, 2.24) is 5.32 Å². The van der Waals surface area contributed by atoms with E-state index in [2.05, 4.69) is 19.2 Å². The molecule has 0 heterocycles. The van der Waals surface area contributed by atoms with E-state index in [1.807, 2.05) is 0 Å². The van der Waals surface area contributed by atoms with E-state index < -0.39 is 0 Å². The van der Waals surface area contributed by atoms with Crippen molar-refractivity contribution in [1.29, 1.82) is 0 Å². The molecule has 3 nitrogen and oxygen atoms in total. The van der Waals surface area contributed by atoms with Gasteiger partial charge >= 0.3 is 0 Å². The molecule has 3 N–H and O–H groups in total. The zero-order chi connectivity index (χ0) is 11.3. The molecule has 88 valence electrons. The molecule has 0 aromatic rings. The number of amides is 1. The number of carbonyl (C=O) groups is 1. The Hall–Kier alpha value is -0.570. The van der Waals surface area contributed by atoms with Gasteiger partial charge < -0.3 is 11.1 Å². The van der Waals surface area contributed by atoms with Gasteiger partial charge in [0.05, 0.1) is 0 Å². The summed E-state index contributed by atoms with van der Waals surface area (Å²) in [6.45, 7) is 5.76. The van der Waals surface area contributed by atoms with Gasteiger partial charge in [-0.3, -0.25) is 4.79 Å². The summed E-state index contributed by atoms with van der Waals surface area (Å²) in [5.74, 6) is 0.784. The summed E-state index contributed by atoms with van der Waals surface area (Å²) >= 11 is 0. The average Bonchev–Trinajstić information content (AvgIpc) is 2.14. The zero-order valence-electron chi connectivity index (χ0n) is 10.0. The molecular formula is C12H24N2O. The van der Waals surface area contributed by atoms with Crippen molar-refractivity contribution < 1.29 is 4.79 Å². The average molecular weight is 212 g/mol. The first-order valence-corrected chi connectivity index (χ1v) is 6.05. The lowest BCUT2D eigenvalue weighted by molar-refractivity contribution is -0.122. The molecule has 15 heavy (non-hydrogen) atoms. The first-order chi connectivity index (χ1) is 7.08. The van der Waals surface area contributed by atoms with Crippen LogP contribution in [-0.4, -0.2) is 19.0 Å². The largest absolute Gasteiger partial charge is 0.355 e. The second-order valence-electron chi connectivity index (χ2n) is 5.27. The summed E-state index contributed by atoms with van der Waals surface area (Å²) in [4.78, 5) is 11.5. The van der Waals surface area contributed by atoms with E-state index in [1.54, 1.807) is 0 Å². The van der Waals surface area contributed by atoms with Crippen LogP contribution in [0.1, 0.15) is 46.0 Å². The maximum absolute atomic E-state index is 11.5. The van der Waals surface area contributed by atoms with E-state index in [-0.39, 0.29) is 11.3 Å². The van der Waals surface area contributed by atoms with Crippen LogP contribution < -0.4 is 11.1 Å². The monoisotopic (exact) mass is 212 g/mol. The summed E-state index contributed by atoms with van der Waals surface area (Å²) in [6, 6.07) is 0. The molecule has 0 spiro atoms. The number of rotatable bonds is 6. The lowest BCUT2D eigenvalue weighted by atomic mass is 9.69. The van der Waals surface area contributed by atoms with Crippen LogP contribution in [0.2, 0.25) is 0 Å². The summed E-state index contributed by atoms with van der Waals surface area (Å²) in [6.07, 6.45) is 5.24. The molecule has 0 bridgehead atoms. The maximum atomic E-state index is 11.5. The first-order valence-electron chi connectivity index (χ1n) is 6.05. The van der Waals surface area contributed by atoms with Gasteiger partial charge in [-0.1, -0.05) is 20.3 Å². The lowest BCUT2D eigenvalue weighted by Gasteiger charge is -2.41. The van der Waals surface area contributed by atoms with Gasteiger partial charge in [0.1, 0.15) is 0 Å².